The van der Waals surface area contributed by atoms with Gasteiger partial charge in [0.05, 0.1) is 6.61 Å². The first-order valence-electron chi connectivity index (χ1n) is 8.23. The van der Waals surface area contributed by atoms with E-state index in [1.165, 1.54) is 0 Å². The van der Waals surface area contributed by atoms with E-state index in [0.717, 1.165) is 38.0 Å². The summed E-state index contributed by atoms with van der Waals surface area (Å²) in [7, 11) is 1.77. The quantitative estimate of drug-likeness (QED) is 0.834. The van der Waals surface area contributed by atoms with Crippen LogP contribution in [-0.2, 0) is 13.6 Å². The Morgan fingerprint density at radius 1 is 1.33 bits per heavy atom. The van der Waals surface area contributed by atoms with Crippen molar-refractivity contribution in [3.8, 4) is 5.88 Å². The highest BCUT2D eigenvalue weighted by Crippen LogP contribution is 2.23. The Morgan fingerprint density at radius 2 is 2.12 bits per heavy atom. The van der Waals surface area contributed by atoms with Gasteiger partial charge < -0.3 is 9.30 Å². The second-order valence-corrected chi connectivity index (χ2v) is 6.71. The van der Waals surface area contributed by atoms with Crippen LogP contribution in [0.2, 0.25) is 5.02 Å². The summed E-state index contributed by atoms with van der Waals surface area (Å²) in [6.45, 7) is 3.50. The average molecular weight is 348 g/mol. The van der Waals surface area contributed by atoms with Gasteiger partial charge in [-0.15, -0.1) is 0 Å². The Morgan fingerprint density at radius 3 is 2.83 bits per heavy atom. The molecule has 1 aliphatic heterocycles. The summed E-state index contributed by atoms with van der Waals surface area (Å²) < 4.78 is 7.35. The molecule has 0 saturated carbocycles. The van der Waals surface area contributed by atoms with Crippen LogP contribution in [0.5, 0.6) is 5.88 Å². The molecule has 0 amide bonds. The fourth-order valence-corrected chi connectivity index (χ4v) is 3.11. The Labute approximate surface area is 146 Å². The number of hydrogen-bond donors (Lipinski definition) is 0. The van der Waals surface area contributed by atoms with Crippen LogP contribution in [0.4, 0.5) is 0 Å². The van der Waals surface area contributed by atoms with E-state index >= 15 is 0 Å². The van der Waals surface area contributed by atoms with Crippen LogP contribution < -0.4 is 10.3 Å². The van der Waals surface area contributed by atoms with Crippen LogP contribution in [0.3, 0.4) is 0 Å². The molecule has 1 fully saturated rings. The molecule has 0 aromatic carbocycles. The van der Waals surface area contributed by atoms with Crippen LogP contribution in [0, 0.1) is 5.92 Å². The van der Waals surface area contributed by atoms with Crippen molar-refractivity contribution in [2.24, 2.45) is 13.0 Å². The second-order valence-electron chi connectivity index (χ2n) is 6.31. The zero-order valence-electron chi connectivity index (χ0n) is 13.8. The fourth-order valence-electron chi connectivity index (χ4n) is 2.93. The van der Waals surface area contributed by atoms with Crippen molar-refractivity contribution in [2.45, 2.75) is 19.4 Å². The van der Waals surface area contributed by atoms with E-state index < -0.39 is 0 Å². The molecule has 2 aromatic rings. The van der Waals surface area contributed by atoms with Crippen LogP contribution >= 0.6 is 11.6 Å². The van der Waals surface area contributed by atoms with Gasteiger partial charge in [-0.1, -0.05) is 11.6 Å². The molecule has 3 rings (SSSR count). The van der Waals surface area contributed by atoms with Gasteiger partial charge in [0.1, 0.15) is 5.02 Å². The zero-order chi connectivity index (χ0) is 16.9. The number of likely N-dealkylation sites (tertiary alicyclic amines) is 1. The highest BCUT2D eigenvalue weighted by Gasteiger charge is 2.20. The van der Waals surface area contributed by atoms with E-state index in [-0.39, 0.29) is 5.56 Å². The van der Waals surface area contributed by atoms with Gasteiger partial charge in [-0.05, 0) is 55.6 Å². The van der Waals surface area contributed by atoms with Gasteiger partial charge in [0, 0.05) is 32.1 Å². The molecule has 3 heterocycles. The number of rotatable bonds is 5. The molecule has 1 saturated heterocycles. The lowest BCUT2D eigenvalue weighted by Gasteiger charge is -2.31. The van der Waals surface area contributed by atoms with Gasteiger partial charge in [0.25, 0.3) is 5.56 Å². The summed E-state index contributed by atoms with van der Waals surface area (Å²) in [4.78, 5) is 18.2. The minimum absolute atomic E-state index is 0.0445. The molecule has 2 aromatic heterocycles. The minimum atomic E-state index is 0.0445. The van der Waals surface area contributed by atoms with Crippen LogP contribution in [0.1, 0.15) is 18.4 Å². The van der Waals surface area contributed by atoms with E-state index in [0.29, 0.717) is 23.4 Å². The number of halogens is 1. The number of aromatic nitrogens is 2. The monoisotopic (exact) mass is 347 g/mol. The molecule has 24 heavy (non-hydrogen) atoms. The highest BCUT2D eigenvalue weighted by atomic mass is 35.5. The average Bonchev–Trinajstić information content (AvgIpc) is 2.59. The third-order valence-corrected chi connectivity index (χ3v) is 4.75. The van der Waals surface area contributed by atoms with Crippen molar-refractivity contribution < 1.29 is 4.74 Å². The number of ether oxygens (including phenoxy) is 1. The topological polar surface area (TPSA) is 47.4 Å². The lowest BCUT2D eigenvalue weighted by atomic mass is 9.97. The van der Waals surface area contributed by atoms with E-state index in [1.807, 2.05) is 12.3 Å². The predicted molar refractivity (Wildman–Crippen MR) is 94.4 cm³/mol. The molecule has 0 radical (unpaired) electrons. The first kappa shape index (κ1) is 17.0. The summed E-state index contributed by atoms with van der Waals surface area (Å²) in [6.07, 6.45) is 5.67. The molecule has 1 aliphatic rings. The molecule has 5 nitrogen and oxygen atoms in total. The van der Waals surface area contributed by atoms with E-state index in [9.17, 15) is 4.79 Å². The smallest absolute Gasteiger partial charge is 0.250 e. The van der Waals surface area contributed by atoms with E-state index in [4.69, 9.17) is 16.3 Å². The van der Waals surface area contributed by atoms with Gasteiger partial charge in [-0.25, -0.2) is 4.98 Å². The van der Waals surface area contributed by atoms with Gasteiger partial charge >= 0.3 is 0 Å². The zero-order valence-corrected chi connectivity index (χ0v) is 14.6. The van der Waals surface area contributed by atoms with Crippen molar-refractivity contribution in [2.75, 3.05) is 19.7 Å². The standard InChI is InChI=1S/C18H22ClN3O2/c1-21-8-4-15(11-17(21)23)12-22-9-5-14(6-10-22)13-24-18-16(19)3-2-7-20-18/h2-4,7-8,11,14H,5-6,9-10,12-13H2,1H3. The Kier molecular flexibility index (Phi) is 5.53. The molecule has 0 unspecified atom stereocenters. The number of nitrogens with zero attached hydrogens (tertiary/aromatic N) is 3. The van der Waals surface area contributed by atoms with Crippen LogP contribution in [0.25, 0.3) is 0 Å². The van der Waals surface area contributed by atoms with Gasteiger partial charge in [0.2, 0.25) is 5.88 Å². The minimum Gasteiger partial charge on any atom is -0.476 e. The Balaban J connectivity index is 1.46. The summed E-state index contributed by atoms with van der Waals surface area (Å²) >= 11 is 6.06. The highest BCUT2D eigenvalue weighted by molar-refractivity contribution is 6.31. The van der Waals surface area contributed by atoms with Crippen molar-refractivity contribution in [1.82, 2.24) is 14.5 Å². The lowest BCUT2D eigenvalue weighted by Crippen LogP contribution is -2.35. The fraction of sp³-hybridized carbons (Fsp3) is 0.444. The van der Waals surface area contributed by atoms with Crippen LogP contribution in [0.15, 0.2) is 41.5 Å². The van der Waals surface area contributed by atoms with E-state index in [2.05, 4.69) is 9.88 Å². The van der Waals surface area contributed by atoms with E-state index in [1.54, 1.807) is 36.0 Å². The van der Waals surface area contributed by atoms with Gasteiger partial charge in [0.15, 0.2) is 0 Å². The molecule has 0 spiro atoms. The third kappa shape index (κ3) is 4.36. The molecule has 128 valence electrons. The van der Waals surface area contributed by atoms with Crippen molar-refractivity contribution in [1.29, 1.82) is 0 Å². The summed E-state index contributed by atoms with van der Waals surface area (Å²) in [6, 6.07) is 7.32. The SMILES string of the molecule is Cn1ccc(CN2CCC(COc3ncccc3Cl)CC2)cc1=O. The van der Waals surface area contributed by atoms with Gasteiger partial charge in [-0.3, -0.25) is 9.69 Å². The third-order valence-electron chi connectivity index (χ3n) is 4.46. The number of hydrogen-bond acceptors (Lipinski definition) is 4. The molecule has 0 bridgehead atoms. The van der Waals surface area contributed by atoms with Gasteiger partial charge in [-0.2, -0.15) is 0 Å². The van der Waals surface area contributed by atoms with Crippen molar-refractivity contribution in [3.05, 3.63) is 57.6 Å². The maximum Gasteiger partial charge on any atom is 0.250 e. The molecule has 6 heteroatoms. The molecular weight excluding hydrogens is 326 g/mol. The largest absolute Gasteiger partial charge is 0.476 e. The summed E-state index contributed by atoms with van der Waals surface area (Å²) in [5, 5.41) is 0.556. The number of aryl methyl sites for hydroxylation is 1. The Hall–Kier alpha value is -1.85. The predicted octanol–water partition coefficient (Wildman–Crippen LogP) is 2.72. The summed E-state index contributed by atoms with van der Waals surface area (Å²) in [5.41, 5.74) is 1.12. The first-order valence-corrected chi connectivity index (χ1v) is 8.61. The number of piperidine rings is 1. The number of pyridine rings is 2. The molecule has 0 aliphatic carbocycles. The maximum atomic E-state index is 11.7. The second kappa shape index (κ2) is 7.81. The van der Waals surface area contributed by atoms with Crippen molar-refractivity contribution in [3.63, 3.8) is 0 Å². The van der Waals surface area contributed by atoms with Crippen LogP contribution in [-0.4, -0.2) is 34.1 Å². The summed E-state index contributed by atoms with van der Waals surface area (Å²) in [5.74, 6) is 1.03. The normalized spacial score (nSPS) is 16.2. The first-order chi connectivity index (χ1) is 11.6. The maximum absolute atomic E-state index is 11.7. The van der Waals surface area contributed by atoms with Crippen molar-refractivity contribution >= 4 is 11.6 Å². The molecule has 0 atom stereocenters. The molecular formula is C18H22ClN3O2. The Bertz CT molecular complexity index is 739. The lowest BCUT2D eigenvalue weighted by molar-refractivity contribution is 0.134. The molecule has 0 N–H and O–H groups in total.